The molecule has 0 saturated heterocycles. The molecular weight excluding hydrogens is 264 g/mol. The monoisotopic (exact) mass is 278 g/mol. The molecule has 1 amide bonds. The molecule has 0 aliphatic carbocycles. The molecule has 1 rings (SSSR count). The lowest BCUT2D eigenvalue weighted by atomic mass is 10.3. The van der Waals surface area contributed by atoms with Gasteiger partial charge in [0.1, 0.15) is 20.4 Å². The van der Waals surface area contributed by atoms with E-state index >= 15 is 0 Å². The van der Waals surface area contributed by atoms with Crippen molar-refractivity contribution in [3.05, 3.63) is 5.56 Å². The van der Waals surface area contributed by atoms with Crippen molar-refractivity contribution >= 4 is 38.1 Å². The number of nitrogens with zero attached hydrogens (tertiary/aromatic N) is 1. The molecule has 0 radical (unpaired) electrons. The molecule has 0 atom stereocenters. The van der Waals surface area contributed by atoms with E-state index in [1.54, 1.807) is 0 Å². The molecule has 0 bridgehead atoms. The molecule has 9 heteroatoms. The van der Waals surface area contributed by atoms with Crippen molar-refractivity contribution in [3.63, 3.8) is 0 Å². The molecule has 5 N–H and O–H groups in total. The van der Waals surface area contributed by atoms with E-state index in [0.717, 1.165) is 11.5 Å². The number of sulfone groups is 1. The second-order valence-electron chi connectivity index (χ2n) is 3.55. The minimum absolute atomic E-state index is 0.0835. The summed E-state index contributed by atoms with van der Waals surface area (Å²) in [6.45, 7) is 0.412. The first-order valence-electron chi connectivity index (χ1n) is 4.78. The van der Waals surface area contributed by atoms with Crippen molar-refractivity contribution in [1.82, 2.24) is 4.37 Å². The van der Waals surface area contributed by atoms with Gasteiger partial charge in [-0.3, -0.25) is 4.79 Å². The van der Waals surface area contributed by atoms with Crippen LogP contribution in [-0.4, -0.2) is 37.3 Å². The van der Waals surface area contributed by atoms with Gasteiger partial charge in [0.25, 0.3) is 5.91 Å². The average molecular weight is 278 g/mol. The zero-order chi connectivity index (χ0) is 13.1. The van der Waals surface area contributed by atoms with Crippen molar-refractivity contribution in [2.45, 2.75) is 6.42 Å². The highest BCUT2D eigenvalue weighted by molar-refractivity contribution is 7.90. The van der Waals surface area contributed by atoms with Gasteiger partial charge in [-0.1, -0.05) is 0 Å². The Hall–Kier alpha value is -1.35. The largest absolute Gasteiger partial charge is 0.382 e. The smallest absolute Gasteiger partial charge is 0.255 e. The fraction of sp³-hybridized carbons (Fsp3) is 0.500. The number of aromatic nitrogens is 1. The van der Waals surface area contributed by atoms with E-state index in [4.69, 9.17) is 11.5 Å². The summed E-state index contributed by atoms with van der Waals surface area (Å²) in [5, 5.41) is 3.37. The summed E-state index contributed by atoms with van der Waals surface area (Å²) in [4.78, 5) is 11.1. The topological polar surface area (TPSA) is 128 Å². The summed E-state index contributed by atoms with van der Waals surface area (Å²) in [5.41, 5.74) is 10.8. The van der Waals surface area contributed by atoms with E-state index in [9.17, 15) is 13.2 Å². The van der Waals surface area contributed by atoms with E-state index in [1.807, 2.05) is 0 Å². The van der Waals surface area contributed by atoms with Gasteiger partial charge in [0.2, 0.25) is 0 Å². The summed E-state index contributed by atoms with van der Waals surface area (Å²) < 4.78 is 25.6. The van der Waals surface area contributed by atoms with Crippen LogP contribution in [0.25, 0.3) is 0 Å². The van der Waals surface area contributed by atoms with Gasteiger partial charge in [-0.05, 0) is 18.0 Å². The van der Waals surface area contributed by atoms with Gasteiger partial charge >= 0.3 is 0 Å². The average Bonchev–Trinajstić information content (AvgIpc) is 2.53. The number of nitrogens with two attached hydrogens (primary N) is 2. The summed E-state index contributed by atoms with van der Waals surface area (Å²) in [5.74, 6) is -0.477. The number of nitrogen functional groups attached to an aromatic ring is 1. The first-order valence-corrected chi connectivity index (χ1v) is 7.61. The highest BCUT2D eigenvalue weighted by Gasteiger charge is 2.16. The molecule has 1 heterocycles. The summed E-state index contributed by atoms with van der Waals surface area (Å²) in [6.07, 6.45) is 1.61. The number of rotatable bonds is 6. The first-order chi connectivity index (χ1) is 7.81. The zero-order valence-electron chi connectivity index (χ0n) is 9.26. The molecule has 0 unspecified atom stereocenters. The third kappa shape index (κ3) is 4.19. The normalized spacial score (nSPS) is 11.4. The van der Waals surface area contributed by atoms with Crippen LogP contribution in [-0.2, 0) is 9.84 Å². The lowest BCUT2D eigenvalue weighted by Gasteiger charge is -2.04. The van der Waals surface area contributed by atoms with Gasteiger partial charge in [0.15, 0.2) is 5.82 Å². The van der Waals surface area contributed by atoms with Crippen LogP contribution in [0.5, 0.6) is 0 Å². The molecule has 0 aliphatic heterocycles. The van der Waals surface area contributed by atoms with Gasteiger partial charge in [0.05, 0.1) is 5.75 Å². The number of primary amides is 1. The van der Waals surface area contributed by atoms with Crippen LogP contribution in [0.2, 0.25) is 0 Å². The van der Waals surface area contributed by atoms with E-state index in [0.29, 0.717) is 18.0 Å². The SMILES string of the molecule is CS(=O)(=O)CCCNc1snc(N)c1C(N)=O. The molecule has 0 aliphatic rings. The Morgan fingerprint density at radius 2 is 2.18 bits per heavy atom. The Morgan fingerprint density at radius 3 is 2.71 bits per heavy atom. The Kier molecular flexibility index (Phi) is 4.29. The Morgan fingerprint density at radius 1 is 1.53 bits per heavy atom. The summed E-state index contributed by atoms with van der Waals surface area (Å²) in [6, 6.07) is 0. The number of carbonyl (C=O) groups excluding carboxylic acids is 1. The zero-order valence-corrected chi connectivity index (χ0v) is 10.9. The van der Waals surface area contributed by atoms with Crippen molar-refractivity contribution in [2.75, 3.05) is 29.6 Å². The highest BCUT2D eigenvalue weighted by atomic mass is 32.2. The van der Waals surface area contributed by atoms with Crippen LogP contribution in [0.15, 0.2) is 0 Å². The second-order valence-corrected chi connectivity index (χ2v) is 6.58. The number of carbonyl (C=O) groups is 1. The number of anilines is 2. The molecule has 7 nitrogen and oxygen atoms in total. The minimum atomic E-state index is -2.97. The lowest BCUT2D eigenvalue weighted by molar-refractivity contribution is 0.100. The Bertz CT molecular complexity index is 509. The van der Waals surface area contributed by atoms with Crippen LogP contribution < -0.4 is 16.8 Å². The van der Waals surface area contributed by atoms with Gasteiger partial charge in [-0.2, -0.15) is 4.37 Å². The van der Waals surface area contributed by atoms with Crippen LogP contribution >= 0.6 is 11.5 Å². The van der Waals surface area contributed by atoms with Crippen LogP contribution in [0.1, 0.15) is 16.8 Å². The molecule has 1 aromatic heterocycles. The maximum Gasteiger partial charge on any atom is 0.255 e. The lowest BCUT2D eigenvalue weighted by Crippen LogP contribution is -2.16. The van der Waals surface area contributed by atoms with Crippen LogP contribution in [0.3, 0.4) is 0 Å². The fourth-order valence-electron chi connectivity index (χ4n) is 1.20. The molecule has 0 aromatic carbocycles. The Balaban J connectivity index is 2.56. The van der Waals surface area contributed by atoms with Crippen molar-refractivity contribution in [3.8, 4) is 0 Å². The highest BCUT2D eigenvalue weighted by Crippen LogP contribution is 2.25. The molecule has 1 aromatic rings. The van der Waals surface area contributed by atoms with Gasteiger partial charge in [0, 0.05) is 12.8 Å². The van der Waals surface area contributed by atoms with Crippen molar-refractivity contribution < 1.29 is 13.2 Å². The minimum Gasteiger partial charge on any atom is -0.382 e. The molecule has 17 heavy (non-hydrogen) atoms. The van der Waals surface area contributed by atoms with E-state index in [2.05, 4.69) is 9.69 Å². The van der Waals surface area contributed by atoms with Crippen LogP contribution in [0, 0.1) is 0 Å². The summed E-state index contributed by atoms with van der Waals surface area (Å²) in [7, 11) is -2.97. The maximum atomic E-state index is 11.1. The van der Waals surface area contributed by atoms with Gasteiger partial charge < -0.3 is 16.8 Å². The number of amides is 1. The quantitative estimate of drug-likeness (QED) is 0.611. The number of nitrogens with one attached hydrogen (secondary N) is 1. The molecular formula is C8H14N4O3S2. The maximum absolute atomic E-state index is 11.1. The second kappa shape index (κ2) is 5.32. The number of hydrogen-bond donors (Lipinski definition) is 3. The molecule has 0 saturated carbocycles. The fourth-order valence-corrected chi connectivity index (χ4v) is 2.61. The van der Waals surface area contributed by atoms with Crippen LogP contribution in [0.4, 0.5) is 10.8 Å². The first kappa shape index (κ1) is 13.7. The molecule has 0 fully saturated rings. The molecule has 96 valence electrons. The van der Waals surface area contributed by atoms with Gasteiger partial charge in [-0.15, -0.1) is 0 Å². The number of hydrogen-bond acceptors (Lipinski definition) is 7. The molecule has 0 spiro atoms. The van der Waals surface area contributed by atoms with E-state index < -0.39 is 15.7 Å². The Labute approximate surface area is 103 Å². The van der Waals surface area contributed by atoms with E-state index in [-0.39, 0.29) is 17.1 Å². The van der Waals surface area contributed by atoms with Crippen molar-refractivity contribution in [2.24, 2.45) is 5.73 Å². The van der Waals surface area contributed by atoms with E-state index in [1.165, 1.54) is 6.26 Å². The third-order valence-electron chi connectivity index (χ3n) is 1.94. The predicted octanol–water partition coefficient (Wildman–Crippen LogP) is -0.329. The summed E-state index contributed by atoms with van der Waals surface area (Å²) >= 11 is 1.03. The standard InChI is InChI=1S/C8H14N4O3S2/c1-17(14,15)4-2-3-11-8-5(7(10)13)6(9)12-16-8/h11H,2-4H2,1H3,(H2,9,12)(H2,10,13). The van der Waals surface area contributed by atoms with Gasteiger partial charge in [-0.25, -0.2) is 8.42 Å². The third-order valence-corrected chi connectivity index (χ3v) is 3.79. The van der Waals surface area contributed by atoms with Crippen molar-refractivity contribution in [1.29, 1.82) is 0 Å². The predicted molar refractivity (Wildman–Crippen MR) is 67.9 cm³/mol.